The Morgan fingerprint density at radius 3 is 2.24 bits per heavy atom. The number of ether oxygens (including phenoxy) is 3. The Balaban J connectivity index is 2.00. The van der Waals surface area contributed by atoms with Crippen LogP contribution in [0.1, 0.15) is 18.9 Å². The molecule has 0 saturated heterocycles. The largest absolute Gasteiger partial charge is 0.497 e. The van der Waals surface area contributed by atoms with Crippen LogP contribution in [0.2, 0.25) is 0 Å². The number of nitrogens with one attached hydrogen (secondary N) is 1. The molecular formula is C22H24N2O5. The Hall–Kier alpha value is -3.48. The number of carbonyl (C=O) groups is 2. The second-order valence-corrected chi connectivity index (χ2v) is 6.48. The first-order valence-corrected chi connectivity index (χ1v) is 9.29. The molecule has 0 radical (unpaired) electrons. The van der Waals surface area contributed by atoms with Gasteiger partial charge in [-0.1, -0.05) is 19.1 Å². The van der Waals surface area contributed by atoms with Crippen molar-refractivity contribution in [2.75, 3.05) is 33.2 Å². The summed E-state index contributed by atoms with van der Waals surface area (Å²) in [6.07, 6.45) is 0.905. The van der Waals surface area contributed by atoms with Crippen molar-refractivity contribution in [3.8, 4) is 17.2 Å². The van der Waals surface area contributed by atoms with Gasteiger partial charge in [0.05, 0.1) is 32.1 Å². The molecule has 7 heteroatoms. The summed E-state index contributed by atoms with van der Waals surface area (Å²) in [5.41, 5.74) is 1.69. The molecule has 0 aliphatic carbocycles. The van der Waals surface area contributed by atoms with E-state index in [0.29, 0.717) is 40.7 Å². The first-order valence-electron chi connectivity index (χ1n) is 9.29. The van der Waals surface area contributed by atoms with Gasteiger partial charge in [0, 0.05) is 13.1 Å². The molecule has 0 atom stereocenters. The Bertz CT molecular complexity index is 950. The van der Waals surface area contributed by atoms with Crippen molar-refractivity contribution in [3.63, 3.8) is 0 Å². The minimum atomic E-state index is -0.408. The van der Waals surface area contributed by atoms with Crippen LogP contribution in [0, 0.1) is 0 Å². The fourth-order valence-corrected chi connectivity index (χ4v) is 3.00. The molecule has 0 bridgehead atoms. The first-order chi connectivity index (χ1) is 14.0. The van der Waals surface area contributed by atoms with Gasteiger partial charge in [-0.2, -0.15) is 0 Å². The SMILES string of the molecule is CCCOc1ccc(C2=C(Nc3ccc(OC)cc3OC)C(=O)N(C)C2=O)cc1. The predicted molar refractivity (Wildman–Crippen MR) is 110 cm³/mol. The van der Waals surface area contributed by atoms with E-state index in [9.17, 15) is 9.59 Å². The zero-order valence-corrected chi connectivity index (χ0v) is 16.9. The molecule has 0 fully saturated rings. The Kier molecular flexibility index (Phi) is 6.07. The highest BCUT2D eigenvalue weighted by Gasteiger charge is 2.37. The topological polar surface area (TPSA) is 77.1 Å². The lowest BCUT2D eigenvalue weighted by molar-refractivity contribution is -0.135. The van der Waals surface area contributed by atoms with Gasteiger partial charge in [-0.25, -0.2) is 0 Å². The van der Waals surface area contributed by atoms with Crippen LogP contribution in [0.3, 0.4) is 0 Å². The van der Waals surface area contributed by atoms with Crippen LogP contribution in [0.5, 0.6) is 17.2 Å². The van der Waals surface area contributed by atoms with Crippen LogP contribution in [-0.2, 0) is 9.59 Å². The molecule has 2 aromatic carbocycles. The van der Waals surface area contributed by atoms with E-state index in [-0.39, 0.29) is 11.6 Å². The van der Waals surface area contributed by atoms with E-state index in [1.807, 2.05) is 6.92 Å². The summed E-state index contributed by atoms with van der Waals surface area (Å²) in [6.45, 7) is 2.65. The molecule has 1 aliphatic heterocycles. The van der Waals surface area contributed by atoms with E-state index in [2.05, 4.69) is 5.32 Å². The third kappa shape index (κ3) is 4.03. The Labute approximate surface area is 169 Å². The molecule has 152 valence electrons. The molecule has 0 aromatic heterocycles. The highest BCUT2D eigenvalue weighted by atomic mass is 16.5. The molecular weight excluding hydrogens is 372 g/mol. The number of benzene rings is 2. The van der Waals surface area contributed by atoms with Crippen molar-refractivity contribution < 1.29 is 23.8 Å². The van der Waals surface area contributed by atoms with Crippen molar-refractivity contribution in [1.82, 2.24) is 4.90 Å². The fraction of sp³-hybridized carbons (Fsp3) is 0.273. The smallest absolute Gasteiger partial charge is 0.277 e. The van der Waals surface area contributed by atoms with Gasteiger partial charge < -0.3 is 19.5 Å². The van der Waals surface area contributed by atoms with Crippen LogP contribution >= 0.6 is 0 Å². The van der Waals surface area contributed by atoms with Crippen LogP contribution < -0.4 is 19.5 Å². The number of anilines is 1. The number of imide groups is 1. The average molecular weight is 396 g/mol. The molecule has 29 heavy (non-hydrogen) atoms. The van der Waals surface area contributed by atoms with E-state index in [0.717, 1.165) is 11.3 Å². The highest BCUT2D eigenvalue weighted by Crippen LogP contribution is 2.35. The van der Waals surface area contributed by atoms with Gasteiger partial charge in [-0.05, 0) is 36.2 Å². The zero-order chi connectivity index (χ0) is 21.0. The molecule has 1 heterocycles. The number of carbonyl (C=O) groups excluding carboxylic acids is 2. The summed E-state index contributed by atoms with van der Waals surface area (Å²) in [4.78, 5) is 26.6. The molecule has 0 saturated carbocycles. The molecule has 2 amide bonds. The van der Waals surface area contributed by atoms with Gasteiger partial charge in [0.1, 0.15) is 22.9 Å². The van der Waals surface area contributed by atoms with E-state index >= 15 is 0 Å². The van der Waals surface area contributed by atoms with Crippen molar-refractivity contribution in [2.24, 2.45) is 0 Å². The first kappa shape index (κ1) is 20.3. The number of hydrogen-bond acceptors (Lipinski definition) is 6. The molecule has 0 spiro atoms. The second kappa shape index (κ2) is 8.68. The van der Waals surface area contributed by atoms with Gasteiger partial charge in [-0.3, -0.25) is 14.5 Å². The van der Waals surface area contributed by atoms with Gasteiger partial charge in [-0.15, -0.1) is 0 Å². The van der Waals surface area contributed by atoms with Crippen LogP contribution in [0.15, 0.2) is 48.2 Å². The van der Waals surface area contributed by atoms with Crippen molar-refractivity contribution in [2.45, 2.75) is 13.3 Å². The normalized spacial score (nSPS) is 13.7. The number of methoxy groups -OCH3 is 2. The molecule has 3 rings (SSSR count). The average Bonchev–Trinajstić information content (AvgIpc) is 2.96. The number of likely N-dealkylation sites (N-methyl/N-ethyl adjacent to an activating group) is 1. The summed E-state index contributed by atoms with van der Waals surface area (Å²) in [6, 6.07) is 12.3. The molecule has 2 aromatic rings. The van der Waals surface area contributed by atoms with Gasteiger partial charge >= 0.3 is 0 Å². The summed E-state index contributed by atoms with van der Waals surface area (Å²) in [5, 5.41) is 3.08. The molecule has 7 nitrogen and oxygen atoms in total. The lowest BCUT2D eigenvalue weighted by atomic mass is 10.0. The second-order valence-electron chi connectivity index (χ2n) is 6.48. The summed E-state index contributed by atoms with van der Waals surface area (Å²) >= 11 is 0. The van der Waals surface area contributed by atoms with Crippen LogP contribution in [0.4, 0.5) is 5.69 Å². The summed E-state index contributed by atoms with van der Waals surface area (Å²) < 4.78 is 16.2. The van der Waals surface area contributed by atoms with Crippen molar-refractivity contribution >= 4 is 23.1 Å². The number of rotatable bonds is 8. The highest BCUT2D eigenvalue weighted by molar-refractivity contribution is 6.36. The summed E-state index contributed by atoms with van der Waals surface area (Å²) in [7, 11) is 4.55. The van der Waals surface area contributed by atoms with E-state index in [4.69, 9.17) is 14.2 Å². The van der Waals surface area contributed by atoms with Crippen molar-refractivity contribution in [1.29, 1.82) is 0 Å². The van der Waals surface area contributed by atoms with Gasteiger partial charge in [0.25, 0.3) is 11.8 Å². The maximum absolute atomic E-state index is 12.8. The van der Waals surface area contributed by atoms with Gasteiger partial charge in [0.15, 0.2) is 0 Å². The number of amides is 2. The number of nitrogens with zero attached hydrogens (tertiary/aromatic N) is 1. The summed E-state index contributed by atoms with van der Waals surface area (Å²) in [5.74, 6) is 1.05. The lowest BCUT2D eigenvalue weighted by Gasteiger charge is -2.13. The predicted octanol–water partition coefficient (Wildman–Crippen LogP) is 3.31. The maximum Gasteiger partial charge on any atom is 0.277 e. The maximum atomic E-state index is 12.8. The fourth-order valence-electron chi connectivity index (χ4n) is 3.00. The van der Waals surface area contributed by atoms with E-state index in [1.165, 1.54) is 14.2 Å². The van der Waals surface area contributed by atoms with Crippen molar-refractivity contribution in [3.05, 3.63) is 53.7 Å². The minimum absolute atomic E-state index is 0.197. The quantitative estimate of drug-likeness (QED) is 0.690. The number of hydrogen-bond donors (Lipinski definition) is 1. The third-order valence-electron chi connectivity index (χ3n) is 4.57. The van der Waals surface area contributed by atoms with Crippen LogP contribution in [0.25, 0.3) is 5.57 Å². The van der Waals surface area contributed by atoms with Crippen LogP contribution in [-0.4, -0.2) is 44.6 Å². The Morgan fingerprint density at radius 1 is 0.931 bits per heavy atom. The lowest BCUT2D eigenvalue weighted by Crippen LogP contribution is -2.27. The minimum Gasteiger partial charge on any atom is -0.497 e. The molecule has 1 aliphatic rings. The standard InChI is InChI=1S/C22H24N2O5/c1-5-12-29-15-8-6-14(7-9-15)19-20(22(26)24(2)21(19)25)23-17-11-10-16(27-3)13-18(17)28-4/h6-11,13,23H,5,12H2,1-4H3. The molecule has 1 N–H and O–H groups in total. The monoisotopic (exact) mass is 396 g/mol. The van der Waals surface area contributed by atoms with E-state index in [1.54, 1.807) is 49.6 Å². The molecule has 0 unspecified atom stereocenters. The zero-order valence-electron chi connectivity index (χ0n) is 16.9. The van der Waals surface area contributed by atoms with E-state index < -0.39 is 5.91 Å². The van der Waals surface area contributed by atoms with Gasteiger partial charge in [0.2, 0.25) is 0 Å². The Morgan fingerprint density at radius 2 is 1.62 bits per heavy atom. The third-order valence-corrected chi connectivity index (χ3v) is 4.57.